The van der Waals surface area contributed by atoms with Crippen LogP contribution in [0.25, 0.3) is 0 Å². The summed E-state index contributed by atoms with van der Waals surface area (Å²) in [7, 11) is 4.23. The highest BCUT2D eigenvalue weighted by molar-refractivity contribution is 5.05. The summed E-state index contributed by atoms with van der Waals surface area (Å²) in [5.74, 6) is 2.67. The Kier molecular flexibility index (Phi) is 3.35. The standard InChI is InChI=1S/C11H20N2/c1-4-7-10(12)11(13(2)3)8-5-6-9-11/h1,10H,5-9,12H2,2-3H3. The van der Waals surface area contributed by atoms with Crippen molar-refractivity contribution in [1.82, 2.24) is 4.90 Å². The molecule has 0 radical (unpaired) electrons. The minimum Gasteiger partial charge on any atom is -0.325 e. The molecule has 1 rings (SSSR count). The molecular weight excluding hydrogens is 160 g/mol. The van der Waals surface area contributed by atoms with Gasteiger partial charge in [0.15, 0.2) is 0 Å². The molecule has 1 unspecified atom stereocenters. The van der Waals surface area contributed by atoms with Crippen LogP contribution in [0.15, 0.2) is 0 Å². The van der Waals surface area contributed by atoms with Crippen LogP contribution in [0.4, 0.5) is 0 Å². The SMILES string of the molecule is C#CCC(N)C1(N(C)C)CCCC1. The van der Waals surface area contributed by atoms with Crippen molar-refractivity contribution in [2.24, 2.45) is 5.73 Å². The van der Waals surface area contributed by atoms with Gasteiger partial charge in [0.1, 0.15) is 0 Å². The molecule has 2 N–H and O–H groups in total. The van der Waals surface area contributed by atoms with Crippen molar-refractivity contribution < 1.29 is 0 Å². The summed E-state index contributed by atoms with van der Waals surface area (Å²) < 4.78 is 0. The smallest absolute Gasteiger partial charge is 0.0363 e. The van der Waals surface area contributed by atoms with Crippen LogP contribution in [0.3, 0.4) is 0 Å². The zero-order valence-electron chi connectivity index (χ0n) is 8.71. The number of nitrogens with zero attached hydrogens (tertiary/aromatic N) is 1. The molecule has 0 saturated heterocycles. The fourth-order valence-electron chi connectivity index (χ4n) is 2.45. The Bertz CT molecular complexity index is 197. The van der Waals surface area contributed by atoms with Crippen molar-refractivity contribution in [3.8, 4) is 12.3 Å². The Labute approximate surface area is 81.5 Å². The molecule has 2 heteroatoms. The van der Waals surface area contributed by atoms with Crippen LogP contribution in [0.1, 0.15) is 32.1 Å². The van der Waals surface area contributed by atoms with Gasteiger partial charge in [-0.2, -0.15) is 0 Å². The zero-order valence-corrected chi connectivity index (χ0v) is 8.71. The minimum atomic E-state index is 0.134. The number of hydrogen-bond donors (Lipinski definition) is 1. The molecule has 0 aromatic rings. The van der Waals surface area contributed by atoms with E-state index >= 15 is 0 Å². The lowest BCUT2D eigenvalue weighted by Crippen LogP contribution is -2.55. The lowest BCUT2D eigenvalue weighted by molar-refractivity contribution is 0.125. The fourth-order valence-corrected chi connectivity index (χ4v) is 2.45. The molecule has 13 heavy (non-hydrogen) atoms. The molecule has 0 aromatic carbocycles. The number of rotatable bonds is 3. The highest BCUT2D eigenvalue weighted by atomic mass is 15.2. The first-order valence-corrected chi connectivity index (χ1v) is 5.00. The summed E-state index contributed by atoms with van der Waals surface area (Å²) in [5, 5.41) is 0. The van der Waals surface area contributed by atoms with E-state index in [2.05, 4.69) is 24.9 Å². The molecule has 0 heterocycles. The van der Waals surface area contributed by atoms with E-state index in [4.69, 9.17) is 12.2 Å². The second-order valence-corrected chi connectivity index (χ2v) is 4.22. The zero-order chi connectivity index (χ0) is 9.90. The third-order valence-electron chi connectivity index (χ3n) is 3.39. The monoisotopic (exact) mass is 180 g/mol. The van der Waals surface area contributed by atoms with E-state index in [-0.39, 0.29) is 11.6 Å². The number of terminal acetylenes is 1. The van der Waals surface area contributed by atoms with Gasteiger partial charge in [0.05, 0.1) is 0 Å². The van der Waals surface area contributed by atoms with E-state index in [1.54, 1.807) is 0 Å². The molecule has 0 bridgehead atoms. The number of hydrogen-bond acceptors (Lipinski definition) is 2. The maximum Gasteiger partial charge on any atom is 0.0363 e. The number of nitrogens with two attached hydrogens (primary N) is 1. The van der Waals surface area contributed by atoms with E-state index in [9.17, 15) is 0 Å². The van der Waals surface area contributed by atoms with Crippen LogP contribution < -0.4 is 5.73 Å². The van der Waals surface area contributed by atoms with E-state index in [1.807, 2.05) is 0 Å². The molecule has 74 valence electrons. The quantitative estimate of drug-likeness (QED) is 0.662. The molecule has 0 aliphatic heterocycles. The van der Waals surface area contributed by atoms with Gasteiger partial charge in [-0.25, -0.2) is 0 Å². The van der Waals surface area contributed by atoms with Gasteiger partial charge < -0.3 is 10.6 Å². The van der Waals surface area contributed by atoms with Crippen molar-refractivity contribution in [2.75, 3.05) is 14.1 Å². The summed E-state index contributed by atoms with van der Waals surface area (Å²) in [5.41, 5.74) is 6.31. The van der Waals surface area contributed by atoms with Crippen LogP contribution in [0.2, 0.25) is 0 Å². The van der Waals surface area contributed by atoms with Gasteiger partial charge in [-0.3, -0.25) is 0 Å². The van der Waals surface area contributed by atoms with Crippen LogP contribution in [0.5, 0.6) is 0 Å². The molecule has 1 saturated carbocycles. The summed E-state index contributed by atoms with van der Waals surface area (Å²) >= 11 is 0. The van der Waals surface area contributed by atoms with Crippen LogP contribution in [0, 0.1) is 12.3 Å². The molecule has 1 aliphatic rings. The normalized spacial score (nSPS) is 23.0. The highest BCUT2D eigenvalue weighted by Gasteiger charge is 2.40. The Morgan fingerprint density at radius 3 is 2.38 bits per heavy atom. The highest BCUT2D eigenvalue weighted by Crippen LogP contribution is 2.36. The van der Waals surface area contributed by atoms with E-state index in [1.165, 1.54) is 25.7 Å². The Balaban J connectivity index is 2.73. The maximum atomic E-state index is 6.14. The summed E-state index contributed by atoms with van der Waals surface area (Å²) in [6, 6.07) is 0.134. The molecule has 1 fully saturated rings. The molecule has 0 spiro atoms. The Morgan fingerprint density at radius 1 is 1.46 bits per heavy atom. The van der Waals surface area contributed by atoms with Gasteiger partial charge in [-0.05, 0) is 26.9 Å². The van der Waals surface area contributed by atoms with Crippen LogP contribution in [-0.2, 0) is 0 Å². The van der Waals surface area contributed by atoms with Crippen molar-refractivity contribution in [3.63, 3.8) is 0 Å². The molecule has 2 nitrogen and oxygen atoms in total. The topological polar surface area (TPSA) is 29.3 Å². The largest absolute Gasteiger partial charge is 0.325 e. The van der Waals surface area contributed by atoms with E-state index in [0.29, 0.717) is 6.42 Å². The van der Waals surface area contributed by atoms with Gasteiger partial charge in [0.2, 0.25) is 0 Å². The maximum absolute atomic E-state index is 6.14. The predicted molar refractivity (Wildman–Crippen MR) is 56.3 cm³/mol. The average Bonchev–Trinajstić information content (AvgIpc) is 2.53. The molecule has 1 atom stereocenters. The summed E-state index contributed by atoms with van der Waals surface area (Å²) in [6.45, 7) is 0. The number of likely N-dealkylation sites (N-methyl/N-ethyl adjacent to an activating group) is 1. The first-order valence-electron chi connectivity index (χ1n) is 5.00. The van der Waals surface area contributed by atoms with Gasteiger partial charge in [0, 0.05) is 18.0 Å². The van der Waals surface area contributed by atoms with Gasteiger partial charge in [-0.1, -0.05) is 12.8 Å². The summed E-state index contributed by atoms with van der Waals surface area (Å²) in [4.78, 5) is 2.27. The predicted octanol–water partition coefficient (Wildman–Crippen LogP) is 1.21. The fraction of sp³-hybridized carbons (Fsp3) is 0.818. The Hall–Kier alpha value is -0.520. The lowest BCUT2D eigenvalue weighted by atomic mass is 9.85. The second-order valence-electron chi connectivity index (χ2n) is 4.22. The van der Waals surface area contributed by atoms with Crippen molar-refractivity contribution in [1.29, 1.82) is 0 Å². The van der Waals surface area contributed by atoms with Gasteiger partial charge in [0.25, 0.3) is 0 Å². The second kappa shape index (κ2) is 4.13. The van der Waals surface area contributed by atoms with E-state index in [0.717, 1.165) is 0 Å². The van der Waals surface area contributed by atoms with Crippen molar-refractivity contribution in [3.05, 3.63) is 0 Å². The van der Waals surface area contributed by atoms with Gasteiger partial charge in [-0.15, -0.1) is 12.3 Å². The average molecular weight is 180 g/mol. The van der Waals surface area contributed by atoms with Crippen molar-refractivity contribution >= 4 is 0 Å². The molecule has 0 amide bonds. The third kappa shape index (κ3) is 1.87. The first-order chi connectivity index (χ1) is 6.13. The first kappa shape index (κ1) is 10.6. The van der Waals surface area contributed by atoms with Crippen molar-refractivity contribution in [2.45, 2.75) is 43.7 Å². The van der Waals surface area contributed by atoms with E-state index < -0.39 is 0 Å². The Morgan fingerprint density at radius 2 is 2.00 bits per heavy atom. The third-order valence-corrected chi connectivity index (χ3v) is 3.39. The summed E-state index contributed by atoms with van der Waals surface area (Å²) in [6.07, 6.45) is 11.0. The molecule has 1 aliphatic carbocycles. The van der Waals surface area contributed by atoms with Crippen LogP contribution >= 0.6 is 0 Å². The van der Waals surface area contributed by atoms with Crippen LogP contribution in [-0.4, -0.2) is 30.6 Å². The lowest BCUT2D eigenvalue weighted by Gasteiger charge is -2.40. The van der Waals surface area contributed by atoms with Gasteiger partial charge >= 0.3 is 0 Å². The molecular formula is C11H20N2. The molecule has 0 aromatic heterocycles. The minimum absolute atomic E-state index is 0.134.